The third-order valence-corrected chi connectivity index (χ3v) is 2.39. The molecule has 0 heterocycles. The largest absolute Gasteiger partial charge is 0.0843 e. The van der Waals surface area contributed by atoms with E-state index >= 15 is 0 Å². The van der Waals surface area contributed by atoms with Crippen LogP contribution in [0.3, 0.4) is 0 Å². The second-order valence-corrected chi connectivity index (χ2v) is 3.97. The molecule has 0 amide bonds. The molecule has 0 fully saturated rings. The summed E-state index contributed by atoms with van der Waals surface area (Å²) in [6.45, 7) is 2.04. The van der Waals surface area contributed by atoms with E-state index in [1.807, 2.05) is 49.4 Å². The van der Waals surface area contributed by atoms with Crippen LogP contribution >= 0.6 is 11.6 Å². The Morgan fingerprint density at radius 2 is 1.81 bits per heavy atom. The minimum atomic E-state index is 0.729. The third-order valence-electron chi connectivity index (χ3n) is 2.14. The maximum atomic E-state index is 5.80. The Balaban J connectivity index is 2.25. The minimum absolute atomic E-state index is 0.729. The molecule has 2 aromatic carbocycles. The van der Waals surface area contributed by atoms with E-state index in [9.17, 15) is 0 Å². The van der Waals surface area contributed by atoms with Crippen LogP contribution < -0.4 is 0 Å². The predicted molar refractivity (Wildman–Crippen MR) is 67.4 cm³/mol. The second-order valence-electron chi connectivity index (χ2n) is 3.54. The summed E-state index contributed by atoms with van der Waals surface area (Å²) in [6.07, 6.45) is 0. The van der Waals surface area contributed by atoms with E-state index in [4.69, 9.17) is 11.6 Å². The van der Waals surface area contributed by atoms with Crippen molar-refractivity contribution in [1.29, 1.82) is 0 Å². The van der Waals surface area contributed by atoms with Crippen molar-refractivity contribution in [3.8, 4) is 11.8 Å². The van der Waals surface area contributed by atoms with E-state index in [0.29, 0.717) is 0 Å². The quantitative estimate of drug-likeness (QED) is 0.598. The van der Waals surface area contributed by atoms with Gasteiger partial charge in [-0.2, -0.15) is 0 Å². The van der Waals surface area contributed by atoms with E-state index in [1.54, 1.807) is 0 Å². The highest BCUT2D eigenvalue weighted by molar-refractivity contribution is 6.30. The summed E-state index contributed by atoms with van der Waals surface area (Å²) in [4.78, 5) is 0. The molecule has 0 spiro atoms. The Kier molecular flexibility index (Phi) is 3.29. The Morgan fingerprint density at radius 3 is 2.50 bits per heavy atom. The van der Waals surface area contributed by atoms with Crippen molar-refractivity contribution in [3.63, 3.8) is 0 Å². The van der Waals surface area contributed by atoms with Crippen molar-refractivity contribution in [2.75, 3.05) is 0 Å². The van der Waals surface area contributed by atoms with Gasteiger partial charge in [-0.05, 0) is 48.9 Å². The molecule has 1 radical (unpaired) electrons. The highest BCUT2D eigenvalue weighted by Gasteiger charge is 1.89. The predicted octanol–water partition coefficient (Wildman–Crippen LogP) is 3.85. The molecule has 0 aliphatic rings. The van der Waals surface area contributed by atoms with Crippen molar-refractivity contribution in [2.24, 2.45) is 0 Å². The number of hydrogen-bond donors (Lipinski definition) is 0. The van der Waals surface area contributed by atoms with Crippen LogP contribution in [0.2, 0.25) is 5.02 Å². The molecule has 0 unspecified atom stereocenters. The molecule has 0 atom stereocenters. The third kappa shape index (κ3) is 2.89. The summed E-state index contributed by atoms with van der Waals surface area (Å²) in [5.74, 6) is 6.15. The van der Waals surface area contributed by atoms with E-state index in [1.165, 1.54) is 5.56 Å². The molecule has 0 aliphatic carbocycles. The molecule has 2 rings (SSSR count). The number of aryl methyl sites for hydroxylation is 1. The van der Waals surface area contributed by atoms with Crippen LogP contribution in [0.5, 0.6) is 0 Å². The number of rotatable bonds is 0. The van der Waals surface area contributed by atoms with Gasteiger partial charge < -0.3 is 0 Å². The molecule has 0 aromatic heterocycles. The summed E-state index contributed by atoms with van der Waals surface area (Å²) < 4.78 is 0. The Labute approximate surface area is 101 Å². The SMILES string of the molecule is Cc1cc[c]c(C#Cc2ccc(Cl)cc2)c1. The summed E-state index contributed by atoms with van der Waals surface area (Å²) >= 11 is 5.80. The number of hydrogen-bond acceptors (Lipinski definition) is 0. The molecule has 0 saturated heterocycles. The van der Waals surface area contributed by atoms with Crippen LogP contribution in [0.25, 0.3) is 0 Å². The number of benzene rings is 2. The Hall–Kier alpha value is -1.71. The van der Waals surface area contributed by atoms with Gasteiger partial charge in [-0.15, -0.1) is 0 Å². The van der Waals surface area contributed by atoms with Crippen molar-refractivity contribution in [3.05, 3.63) is 70.2 Å². The van der Waals surface area contributed by atoms with Crippen LogP contribution in [0, 0.1) is 24.8 Å². The summed E-state index contributed by atoms with van der Waals surface area (Å²) in [7, 11) is 0. The first-order valence-electron chi connectivity index (χ1n) is 5.00. The van der Waals surface area contributed by atoms with Gasteiger partial charge in [-0.25, -0.2) is 0 Å². The average Bonchev–Trinajstić information content (AvgIpc) is 2.28. The van der Waals surface area contributed by atoms with Crippen LogP contribution in [0.4, 0.5) is 0 Å². The standard InChI is InChI=1S/C15H10Cl/c1-12-3-2-4-14(11-12)6-5-13-7-9-15(16)10-8-13/h2-3,7-11H,1H3. The van der Waals surface area contributed by atoms with E-state index in [0.717, 1.165) is 16.1 Å². The normalized spacial score (nSPS) is 9.38. The first kappa shape index (κ1) is 10.8. The van der Waals surface area contributed by atoms with E-state index in [-0.39, 0.29) is 0 Å². The zero-order chi connectivity index (χ0) is 11.4. The first-order chi connectivity index (χ1) is 7.74. The topological polar surface area (TPSA) is 0 Å². The van der Waals surface area contributed by atoms with E-state index in [2.05, 4.69) is 17.9 Å². The smallest absolute Gasteiger partial charge is 0.0406 e. The fourth-order valence-electron chi connectivity index (χ4n) is 1.33. The van der Waals surface area contributed by atoms with E-state index < -0.39 is 0 Å². The number of halogens is 1. The monoisotopic (exact) mass is 225 g/mol. The van der Waals surface area contributed by atoms with Gasteiger partial charge in [0.1, 0.15) is 0 Å². The zero-order valence-electron chi connectivity index (χ0n) is 8.92. The van der Waals surface area contributed by atoms with Crippen molar-refractivity contribution >= 4 is 11.6 Å². The fourth-order valence-corrected chi connectivity index (χ4v) is 1.45. The summed E-state index contributed by atoms with van der Waals surface area (Å²) in [5.41, 5.74) is 3.06. The van der Waals surface area contributed by atoms with Gasteiger partial charge in [0.05, 0.1) is 0 Å². The highest BCUT2D eigenvalue weighted by atomic mass is 35.5. The molecule has 0 bridgehead atoms. The molecule has 2 aromatic rings. The van der Waals surface area contributed by atoms with Gasteiger partial charge in [0.15, 0.2) is 0 Å². The molecule has 0 N–H and O–H groups in total. The lowest BCUT2D eigenvalue weighted by molar-refractivity contribution is 1.45. The molecular weight excluding hydrogens is 216 g/mol. The zero-order valence-corrected chi connectivity index (χ0v) is 9.68. The molecule has 1 heteroatoms. The maximum absolute atomic E-state index is 5.80. The molecule has 16 heavy (non-hydrogen) atoms. The average molecular weight is 226 g/mol. The molecule has 77 valence electrons. The van der Waals surface area contributed by atoms with Gasteiger partial charge >= 0.3 is 0 Å². The maximum Gasteiger partial charge on any atom is 0.0406 e. The van der Waals surface area contributed by atoms with Gasteiger partial charge in [0, 0.05) is 16.1 Å². The lowest BCUT2D eigenvalue weighted by Gasteiger charge is -1.92. The van der Waals surface area contributed by atoms with Gasteiger partial charge in [-0.3, -0.25) is 0 Å². The van der Waals surface area contributed by atoms with Gasteiger partial charge in [0.25, 0.3) is 0 Å². The Morgan fingerprint density at radius 1 is 1.06 bits per heavy atom. The summed E-state index contributed by atoms with van der Waals surface area (Å²) in [6, 6.07) is 16.5. The van der Waals surface area contributed by atoms with Gasteiger partial charge in [0.2, 0.25) is 0 Å². The lowest BCUT2D eigenvalue weighted by Crippen LogP contribution is -1.78. The Bertz CT molecular complexity index is 542. The molecule has 0 saturated carbocycles. The summed E-state index contributed by atoms with van der Waals surface area (Å²) in [5, 5.41) is 0.729. The molecular formula is C15H10Cl. The van der Waals surface area contributed by atoms with Crippen LogP contribution in [-0.4, -0.2) is 0 Å². The fraction of sp³-hybridized carbons (Fsp3) is 0.0667. The highest BCUT2D eigenvalue weighted by Crippen LogP contribution is 2.08. The van der Waals surface area contributed by atoms with Crippen LogP contribution in [0.15, 0.2) is 42.5 Å². The first-order valence-corrected chi connectivity index (χ1v) is 5.38. The molecule has 0 nitrogen and oxygen atoms in total. The minimum Gasteiger partial charge on any atom is -0.0843 e. The van der Waals surface area contributed by atoms with Crippen LogP contribution in [0.1, 0.15) is 16.7 Å². The van der Waals surface area contributed by atoms with Crippen molar-refractivity contribution in [2.45, 2.75) is 6.92 Å². The van der Waals surface area contributed by atoms with Crippen LogP contribution in [-0.2, 0) is 0 Å². The van der Waals surface area contributed by atoms with Crippen molar-refractivity contribution in [1.82, 2.24) is 0 Å². The van der Waals surface area contributed by atoms with Gasteiger partial charge in [-0.1, -0.05) is 35.6 Å². The van der Waals surface area contributed by atoms with Crippen molar-refractivity contribution < 1.29 is 0 Å². The second kappa shape index (κ2) is 4.88. The lowest BCUT2D eigenvalue weighted by atomic mass is 10.1. The molecule has 0 aliphatic heterocycles.